The molecule has 2 N–H and O–H groups in total. The van der Waals surface area contributed by atoms with Crippen LogP contribution >= 0.6 is 0 Å². The van der Waals surface area contributed by atoms with Crippen LogP contribution in [0.15, 0.2) is 24.3 Å². The Morgan fingerprint density at radius 3 is 2.71 bits per heavy atom. The SMILES string of the molecule is CCOC(=O)c1[nH]c(C)c(CCC(=O)N2CCC[C@H](C(=O)NCc3ccccc3OC)C2)c1C. The molecule has 2 heterocycles. The summed E-state index contributed by atoms with van der Waals surface area (Å²) in [7, 11) is 1.61. The fraction of sp³-hybridized carbons (Fsp3) is 0.500. The lowest BCUT2D eigenvalue weighted by atomic mass is 9.96. The summed E-state index contributed by atoms with van der Waals surface area (Å²) in [6.45, 7) is 7.34. The molecule has 0 saturated carbocycles. The summed E-state index contributed by atoms with van der Waals surface area (Å²) in [5.74, 6) is 0.127. The lowest BCUT2D eigenvalue weighted by molar-refractivity contribution is -0.135. The molecular weight excluding hydrogens is 434 g/mol. The van der Waals surface area contributed by atoms with E-state index in [0.29, 0.717) is 44.8 Å². The topological polar surface area (TPSA) is 101 Å². The molecule has 1 aromatic carbocycles. The van der Waals surface area contributed by atoms with Crippen molar-refractivity contribution < 1.29 is 23.9 Å². The molecule has 0 bridgehead atoms. The standard InChI is InChI=1S/C26H35N3O5/c1-5-34-26(32)24-17(2)21(18(3)28-24)12-13-23(30)29-14-8-10-20(16-29)25(31)27-15-19-9-6-7-11-22(19)33-4/h6-7,9,11,20,28H,5,8,10,12-16H2,1-4H3,(H,27,31)/t20-/m0/s1. The summed E-state index contributed by atoms with van der Waals surface area (Å²) in [6, 6.07) is 7.60. The van der Waals surface area contributed by atoms with Crippen LogP contribution in [-0.4, -0.2) is 54.5 Å². The predicted octanol–water partition coefficient (Wildman–Crippen LogP) is 3.30. The third-order valence-corrected chi connectivity index (χ3v) is 6.45. The average Bonchev–Trinajstić information content (AvgIpc) is 3.14. The number of aryl methyl sites for hydroxylation is 1. The second-order valence-corrected chi connectivity index (χ2v) is 8.66. The molecule has 3 rings (SSSR count). The molecule has 0 spiro atoms. The molecule has 34 heavy (non-hydrogen) atoms. The highest BCUT2D eigenvalue weighted by molar-refractivity contribution is 5.90. The first kappa shape index (κ1) is 25.3. The van der Waals surface area contributed by atoms with Gasteiger partial charge in [-0.1, -0.05) is 18.2 Å². The summed E-state index contributed by atoms with van der Waals surface area (Å²) in [4.78, 5) is 42.7. The number of methoxy groups -OCH3 is 1. The number of hydrogen-bond donors (Lipinski definition) is 2. The minimum Gasteiger partial charge on any atom is -0.496 e. The molecule has 1 aliphatic rings. The molecule has 2 aromatic rings. The molecule has 1 atom stereocenters. The van der Waals surface area contributed by atoms with Crippen LogP contribution in [0.3, 0.4) is 0 Å². The van der Waals surface area contributed by atoms with Crippen LogP contribution < -0.4 is 10.1 Å². The number of aromatic nitrogens is 1. The monoisotopic (exact) mass is 469 g/mol. The Balaban J connectivity index is 1.54. The number of hydrogen-bond acceptors (Lipinski definition) is 5. The molecule has 0 radical (unpaired) electrons. The van der Waals surface area contributed by atoms with E-state index in [9.17, 15) is 14.4 Å². The van der Waals surface area contributed by atoms with Gasteiger partial charge in [0.25, 0.3) is 0 Å². The van der Waals surface area contributed by atoms with E-state index in [-0.39, 0.29) is 23.7 Å². The lowest BCUT2D eigenvalue weighted by Crippen LogP contribution is -2.45. The molecule has 1 saturated heterocycles. The van der Waals surface area contributed by atoms with Crippen molar-refractivity contribution in [3.8, 4) is 5.75 Å². The van der Waals surface area contributed by atoms with E-state index < -0.39 is 0 Å². The van der Waals surface area contributed by atoms with Gasteiger partial charge >= 0.3 is 5.97 Å². The minimum atomic E-state index is -0.376. The zero-order valence-electron chi connectivity index (χ0n) is 20.5. The fourth-order valence-corrected chi connectivity index (χ4v) is 4.55. The maximum Gasteiger partial charge on any atom is 0.355 e. The molecule has 1 aliphatic heterocycles. The normalized spacial score (nSPS) is 15.6. The zero-order valence-corrected chi connectivity index (χ0v) is 20.5. The number of H-pyrrole nitrogens is 1. The van der Waals surface area contributed by atoms with Crippen molar-refractivity contribution in [3.63, 3.8) is 0 Å². The van der Waals surface area contributed by atoms with Crippen LogP contribution in [0.2, 0.25) is 0 Å². The first-order valence-corrected chi connectivity index (χ1v) is 11.9. The molecule has 0 unspecified atom stereocenters. The third kappa shape index (κ3) is 5.98. The summed E-state index contributed by atoms with van der Waals surface area (Å²) in [5.41, 5.74) is 4.05. The number of nitrogens with one attached hydrogen (secondary N) is 2. The van der Waals surface area contributed by atoms with Gasteiger partial charge in [0.15, 0.2) is 0 Å². The van der Waals surface area contributed by atoms with E-state index in [4.69, 9.17) is 9.47 Å². The highest BCUT2D eigenvalue weighted by atomic mass is 16.5. The number of piperidine rings is 1. The number of para-hydroxylation sites is 1. The van der Waals surface area contributed by atoms with E-state index in [0.717, 1.165) is 41.0 Å². The Hall–Kier alpha value is -3.29. The minimum absolute atomic E-state index is 0.0277. The second-order valence-electron chi connectivity index (χ2n) is 8.66. The molecule has 1 aromatic heterocycles. The number of ether oxygens (including phenoxy) is 2. The van der Waals surface area contributed by atoms with Gasteiger partial charge in [-0.25, -0.2) is 4.79 Å². The Kier molecular flexibility index (Phi) is 8.73. The van der Waals surface area contributed by atoms with E-state index in [1.165, 1.54) is 0 Å². The number of aromatic amines is 1. The van der Waals surface area contributed by atoms with Crippen LogP contribution in [0.25, 0.3) is 0 Å². The molecule has 2 amide bonds. The highest BCUT2D eigenvalue weighted by Gasteiger charge is 2.28. The fourth-order valence-electron chi connectivity index (χ4n) is 4.55. The van der Waals surface area contributed by atoms with E-state index in [1.54, 1.807) is 18.9 Å². The molecular formula is C26H35N3O5. The number of likely N-dealkylation sites (tertiary alicyclic amines) is 1. The zero-order chi connectivity index (χ0) is 24.7. The van der Waals surface area contributed by atoms with Crippen molar-refractivity contribution >= 4 is 17.8 Å². The Labute approximate surface area is 201 Å². The maximum absolute atomic E-state index is 12.9. The Morgan fingerprint density at radius 1 is 1.21 bits per heavy atom. The van der Waals surface area contributed by atoms with Crippen molar-refractivity contribution in [2.45, 2.75) is 53.0 Å². The number of carbonyl (C=O) groups excluding carboxylic acids is 3. The first-order valence-electron chi connectivity index (χ1n) is 11.9. The van der Waals surface area contributed by atoms with Crippen LogP contribution in [0.1, 0.15) is 59.1 Å². The molecule has 8 nitrogen and oxygen atoms in total. The molecule has 1 fully saturated rings. The smallest absolute Gasteiger partial charge is 0.355 e. The quantitative estimate of drug-likeness (QED) is 0.549. The second kappa shape index (κ2) is 11.7. The van der Waals surface area contributed by atoms with Crippen molar-refractivity contribution in [2.24, 2.45) is 5.92 Å². The first-order chi connectivity index (χ1) is 16.3. The summed E-state index contributed by atoms with van der Waals surface area (Å²) >= 11 is 0. The summed E-state index contributed by atoms with van der Waals surface area (Å²) in [5, 5.41) is 2.99. The van der Waals surface area contributed by atoms with Crippen molar-refractivity contribution in [2.75, 3.05) is 26.8 Å². The van der Waals surface area contributed by atoms with Crippen molar-refractivity contribution in [3.05, 3.63) is 52.3 Å². The molecule has 184 valence electrons. The van der Waals surface area contributed by atoms with Crippen molar-refractivity contribution in [1.82, 2.24) is 15.2 Å². The number of amides is 2. The van der Waals surface area contributed by atoms with Crippen LogP contribution in [0.4, 0.5) is 0 Å². The maximum atomic E-state index is 12.9. The van der Waals surface area contributed by atoms with Gasteiger partial charge in [-0.15, -0.1) is 0 Å². The predicted molar refractivity (Wildman–Crippen MR) is 129 cm³/mol. The van der Waals surface area contributed by atoms with E-state index in [1.807, 2.05) is 38.1 Å². The van der Waals surface area contributed by atoms with Gasteiger partial charge in [-0.3, -0.25) is 9.59 Å². The van der Waals surface area contributed by atoms with Crippen molar-refractivity contribution in [1.29, 1.82) is 0 Å². The third-order valence-electron chi connectivity index (χ3n) is 6.45. The average molecular weight is 470 g/mol. The largest absolute Gasteiger partial charge is 0.496 e. The Bertz CT molecular complexity index is 1030. The number of carbonyl (C=O) groups is 3. The van der Waals surface area contributed by atoms with Gasteiger partial charge in [0.2, 0.25) is 11.8 Å². The van der Waals surface area contributed by atoms with Crippen LogP contribution in [0, 0.1) is 19.8 Å². The van der Waals surface area contributed by atoms with Gasteiger partial charge in [0, 0.05) is 37.3 Å². The van der Waals surface area contributed by atoms with Gasteiger partial charge < -0.3 is 24.7 Å². The Morgan fingerprint density at radius 2 is 1.97 bits per heavy atom. The number of esters is 1. The van der Waals surface area contributed by atoms with Crippen LogP contribution in [0.5, 0.6) is 5.75 Å². The molecule has 8 heteroatoms. The number of nitrogens with zero attached hydrogens (tertiary/aromatic N) is 1. The molecule has 0 aliphatic carbocycles. The highest BCUT2D eigenvalue weighted by Crippen LogP contribution is 2.23. The summed E-state index contributed by atoms with van der Waals surface area (Å²) < 4.78 is 10.4. The van der Waals surface area contributed by atoms with Gasteiger partial charge in [-0.2, -0.15) is 0 Å². The number of benzene rings is 1. The van der Waals surface area contributed by atoms with E-state index >= 15 is 0 Å². The van der Waals surface area contributed by atoms with Gasteiger partial charge in [0.1, 0.15) is 11.4 Å². The van der Waals surface area contributed by atoms with Gasteiger partial charge in [-0.05, 0) is 57.2 Å². The lowest BCUT2D eigenvalue weighted by Gasteiger charge is -2.32. The number of rotatable bonds is 9. The summed E-state index contributed by atoms with van der Waals surface area (Å²) in [6.07, 6.45) is 2.43. The van der Waals surface area contributed by atoms with Gasteiger partial charge in [0.05, 0.1) is 19.6 Å². The van der Waals surface area contributed by atoms with E-state index in [2.05, 4.69) is 10.3 Å². The van der Waals surface area contributed by atoms with Crippen LogP contribution in [-0.2, 0) is 27.3 Å².